The maximum atomic E-state index is 14.0. The smallest absolute Gasteiger partial charge is 0.326 e. The third-order valence-electron chi connectivity index (χ3n) is 7.15. The Morgan fingerprint density at radius 2 is 1.79 bits per heavy atom. The highest BCUT2D eigenvalue weighted by molar-refractivity contribution is 5.88. The van der Waals surface area contributed by atoms with Crippen LogP contribution in [0.3, 0.4) is 0 Å². The molecule has 0 spiro atoms. The van der Waals surface area contributed by atoms with Crippen LogP contribution in [-0.2, 0) is 33.9 Å². The normalized spacial score (nSPS) is 18.0. The molecule has 5 rings (SSSR count). The predicted octanol–water partition coefficient (Wildman–Crippen LogP) is 4.10. The van der Waals surface area contributed by atoms with Crippen LogP contribution in [0.4, 0.5) is 0 Å². The summed E-state index contributed by atoms with van der Waals surface area (Å²) >= 11 is 0. The van der Waals surface area contributed by atoms with E-state index < -0.39 is 18.1 Å². The van der Waals surface area contributed by atoms with E-state index in [-0.39, 0.29) is 31.6 Å². The van der Waals surface area contributed by atoms with Gasteiger partial charge in [0.25, 0.3) is 5.91 Å². The number of aliphatic carboxylic acids is 1. The van der Waals surface area contributed by atoms with Crippen molar-refractivity contribution in [3.8, 4) is 11.5 Å². The third kappa shape index (κ3) is 5.47. The molecular formula is C29H31N3O6. The molecule has 2 heterocycles. The maximum absolute atomic E-state index is 14.0. The number of carboxylic acid groups (broad SMARTS) is 1. The second-order valence-corrected chi connectivity index (χ2v) is 9.55. The highest BCUT2D eigenvalue weighted by Gasteiger charge is 2.41. The van der Waals surface area contributed by atoms with Crippen molar-refractivity contribution in [2.45, 2.75) is 63.5 Å². The van der Waals surface area contributed by atoms with Crippen molar-refractivity contribution in [3.05, 3.63) is 83.4 Å². The zero-order chi connectivity index (χ0) is 26.5. The second-order valence-electron chi connectivity index (χ2n) is 9.55. The van der Waals surface area contributed by atoms with Crippen LogP contribution in [0.25, 0.3) is 0 Å². The zero-order valence-corrected chi connectivity index (χ0v) is 21.3. The van der Waals surface area contributed by atoms with Crippen LogP contribution in [0, 0.1) is 0 Å². The van der Waals surface area contributed by atoms with Gasteiger partial charge in [-0.3, -0.25) is 4.79 Å². The molecule has 198 valence electrons. The topological polar surface area (TPSA) is 111 Å². The van der Waals surface area contributed by atoms with Crippen LogP contribution in [0.15, 0.2) is 60.9 Å². The molecule has 1 aliphatic carbocycles. The Morgan fingerprint density at radius 3 is 2.47 bits per heavy atom. The SMILES string of the molecule is COc1ccc2c(c1OCc1ncccn1)C[C@H](C(=O)O)N(C(=O)[C@H](OC1CCCC1)c1ccccc1)C2. The largest absolute Gasteiger partial charge is 0.493 e. The highest BCUT2D eigenvalue weighted by atomic mass is 16.5. The molecule has 2 atom stereocenters. The van der Waals surface area contributed by atoms with E-state index in [4.69, 9.17) is 14.2 Å². The lowest BCUT2D eigenvalue weighted by Gasteiger charge is -2.37. The van der Waals surface area contributed by atoms with Crippen molar-refractivity contribution in [2.75, 3.05) is 7.11 Å². The maximum Gasteiger partial charge on any atom is 0.326 e. The van der Waals surface area contributed by atoms with Crippen LogP contribution in [0.5, 0.6) is 11.5 Å². The first kappa shape index (κ1) is 25.7. The number of rotatable bonds is 9. The highest BCUT2D eigenvalue weighted by Crippen LogP contribution is 2.40. The summed E-state index contributed by atoms with van der Waals surface area (Å²) in [4.78, 5) is 36.3. The van der Waals surface area contributed by atoms with E-state index in [0.29, 0.717) is 22.9 Å². The number of ether oxygens (including phenoxy) is 3. The Morgan fingerprint density at radius 1 is 1.05 bits per heavy atom. The van der Waals surface area contributed by atoms with Gasteiger partial charge in [0.2, 0.25) is 0 Å². The fraction of sp³-hybridized carbons (Fsp3) is 0.379. The predicted molar refractivity (Wildman–Crippen MR) is 138 cm³/mol. The fourth-order valence-electron chi connectivity index (χ4n) is 5.20. The molecule has 0 radical (unpaired) electrons. The molecule has 3 aromatic rings. The number of aromatic nitrogens is 2. The molecule has 0 unspecified atom stereocenters. The molecule has 2 aliphatic rings. The van der Waals surface area contributed by atoms with E-state index in [1.807, 2.05) is 36.4 Å². The Kier molecular flexibility index (Phi) is 7.83. The van der Waals surface area contributed by atoms with Crippen molar-refractivity contribution >= 4 is 11.9 Å². The van der Waals surface area contributed by atoms with Crippen LogP contribution in [0.2, 0.25) is 0 Å². The molecule has 1 amide bonds. The van der Waals surface area contributed by atoms with Gasteiger partial charge in [0.15, 0.2) is 23.4 Å². The Hall–Kier alpha value is -3.98. The molecule has 1 aromatic heterocycles. The van der Waals surface area contributed by atoms with Gasteiger partial charge in [0, 0.05) is 30.9 Å². The van der Waals surface area contributed by atoms with Crippen LogP contribution < -0.4 is 9.47 Å². The number of carbonyl (C=O) groups is 2. The minimum atomic E-state index is -1.09. The van der Waals surface area contributed by atoms with Crippen LogP contribution in [0.1, 0.15) is 54.3 Å². The van der Waals surface area contributed by atoms with Gasteiger partial charge in [-0.15, -0.1) is 0 Å². The van der Waals surface area contributed by atoms with Gasteiger partial charge in [-0.2, -0.15) is 0 Å². The van der Waals surface area contributed by atoms with Crippen molar-refractivity contribution in [1.82, 2.24) is 14.9 Å². The summed E-state index contributed by atoms with van der Waals surface area (Å²) in [5, 5.41) is 10.2. The molecule has 1 N–H and O–H groups in total. The minimum absolute atomic E-state index is 0.0195. The van der Waals surface area contributed by atoms with Gasteiger partial charge in [-0.25, -0.2) is 14.8 Å². The average molecular weight is 518 g/mol. The number of fused-ring (bicyclic) bond motifs is 1. The summed E-state index contributed by atoms with van der Waals surface area (Å²) in [6.07, 6.45) is 6.36. The minimum Gasteiger partial charge on any atom is -0.493 e. The molecule has 1 fully saturated rings. The summed E-state index contributed by atoms with van der Waals surface area (Å²) in [6, 6.07) is 13.6. The van der Waals surface area contributed by atoms with E-state index in [9.17, 15) is 14.7 Å². The molecule has 9 nitrogen and oxygen atoms in total. The van der Waals surface area contributed by atoms with Crippen molar-refractivity contribution in [3.63, 3.8) is 0 Å². The van der Waals surface area contributed by atoms with Gasteiger partial charge in [0.05, 0.1) is 13.2 Å². The number of carbonyl (C=O) groups excluding carboxylic acids is 1. The molecule has 38 heavy (non-hydrogen) atoms. The Bertz CT molecular complexity index is 1260. The van der Waals surface area contributed by atoms with Crippen LogP contribution >= 0.6 is 0 Å². The number of methoxy groups -OCH3 is 1. The first-order valence-electron chi connectivity index (χ1n) is 12.9. The lowest BCUT2D eigenvalue weighted by molar-refractivity contribution is -0.160. The molecule has 0 saturated heterocycles. The Labute approximate surface area is 221 Å². The molecule has 2 aromatic carbocycles. The number of nitrogens with zero attached hydrogens (tertiary/aromatic N) is 3. The molecule has 0 bridgehead atoms. The molecule has 9 heteroatoms. The van der Waals surface area contributed by atoms with Gasteiger partial charge in [0.1, 0.15) is 12.6 Å². The van der Waals surface area contributed by atoms with Gasteiger partial charge >= 0.3 is 5.97 Å². The Balaban J connectivity index is 1.46. The van der Waals surface area contributed by atoms with Crippen molar-refractivity contribution in [1.29, 1.82) is 0 Å². The summed E-state index contributed by atoms with van der Waals surface area (Å²) in [6.45, 7) is 0.212. The van der Waals surface area contributed by atoms with Crippen molar-refractivity contribution < 1.29 is 28.9 Å². The summed E-state index contributed by atoms with van der Waals surface area (Å²) in [7, 11) is 1.53. The van der Waals surface area contributed by atoms with Crippen LogP contribution in [-0.4, -0.2) is 51.1 Å². The molecule has 1 saturated carbocycles. The van der Waals surface area contributed by atoms with E-state index in [1.165, 1.54) is 12.0 Å². The monoisotopic (exact) mass is 517 g/mol. The summed E-state index contributed by atoms with van der Waals surface area (Å²) in [5.74, 6) is -0.0220. The van der Waals surface area contributed by atoms with Gasteiger partial charge < -0.3 is 24.2 Å². The standard InChI is InChI=1S/C29H31N3O6/c1-36-24-13-12-20-17-32(28(33)26(19-8-3-2-4-9-19)38-21-10-5-6-11-21)23(29(34)35)16-22(20)27(24)37-18-25-30-14-7-15-31-25/h2-4,7-9,12-15,21,23,26H,5-6,10-11,16-18H2,1H3,(H,34,35)/t23-,26-/m1/s1. The number of carboxylic acids is 1. The van der Waals surface area contributed by atoms with Gasteiger partial charge in [-0.05, 0) is 36.1 Å². The average Bonchev–Trinajstić information content (AvgIpc) is 3.48. The lowest BCUT2D eigenvalue weighted by Crippen LogP contribution is -2.50. The first-order chi connectivity index (χ1) is 18.5. The summed E-state index contributed by atoms with van der Waals surface area (Å²) < 4.78 is 17.9. The van der Waals surface area contributed by atoms with Crippen molar-refractivity contribution in [2.24, 2.45) is 0 Å². The number of amides is 1. The first-order valence-corrected chi connectivity index (χ1v) is 12.9. The second kappa shape index (κ2) is 11.6. The van der Waals surface area contributed by atoms with Gasteiger partial charge in [-0.1, -0.05) is 49.2 Å². The van der Waals surface area contributed by atoms with E-state index in [2.05, 4.69) is 9.97 Å². The third-order valence-corrected chi connectivity index (χ3v) is 7.15. The lowest BCUT2D eigenvalue weighted by atomic mass is 9.91. The van der Waals surface area contributed by atoms with E-state index >= 15 is 0 Å². The number of hydrogen-bond acceptors (Lipinski definition) is 7. The fourth-order valence-corrected chi connectivity index (χ4v) is 5.20. The number of hydrogen-bond donors (Lipinski definition) is 1. The summed E-state index contributed by atoms with van der Waals surface area (Å²) in [5.41, 5.74) is 2.22. The quantitative estimate of drug-likeness (QED) is 0.452. The molecule has 1 aliphatic heterocycles. The van der Waals surface area contributed by atoms with E-state index in [0.717, 1.165) is 36.8 Å². The number of benzene rings is 2. The molecular weight excluding hydrogens is 486 g/mol. The zero-order valence-electron chi connectivity index (χ0n) is 21.3. The van der Waals surface area contributed by atoms with E-state index in [1.54, 1.807) is 24.5 Å².